The van der Waals surface area contributed by atoms with Crippen molar-refractivity contribution in [2.75, 3.05) is 13.7 Å². The van der Waals surface area contributed by atoms with Gasteiger partial charge in [0, 0.05) is 31.2 Å². The van der Waals surface area contributed by atoms with Gasteiger partial charge < -0.3 is 19.9 Å². The van der Waals surface area contributed by atoms with Crippen molar-refractivity contribution in [3.8, 4) is 0 Å². The fraction of sp³-hybridized carbons (Fsp3) is 0.750. The van der Waals surface area contributed by atoms with E-state index in [1.165, 1.54) is 6.42 Å². The third kappa shape index (κ3) is 4.00. The first-order valence-corrected chi connectivity index (χ1v) is 8.06. The van der Waals surface area contributed by atoms with Gasteiger partial charge in [0.15, 0.2) is 5.96 Å². The molecule has 6 nitrogen and oxygen atoms in total. The average Bonchev–Trinajstić information content (AvgIpc) is 3.02. The van der Waals surface area contributed by atoms with Crippen molar-refractivity contribution in [3.05, 3.63) is 18.0 Å². The average molecular weight is 308 g/mol. The van der Waals surface area contributed by atoms with Crippen LogP contribution in [0.3, 0.4) is 0 Å². The smallest absolute Gasteiger partial charge is 0.191 e. The third-order valence-corrected chi connectivity index (χ3v) is 4.46. The zero-order valence-electron chi connectivity index (χ0n) is 14.1. The number of hydrogen-bond acceptors (Lipinski definition) is 4. The molecule has 2 atom stereocenters. The molecule has 0 amide bonds. The van der Waals surface area contributed by atoms with E-state index in [2.05, 4.69) is 41.6 Å². The van der Waals surface area contributed by atoms with Crippen LogP contribution in [0.1, 0.15) is 45.7 Å². The first-order valence-electron chi connectivity index (χ1n) is 8.06. The number of aliphatic imine (C=N–C) groups is 1. The maximum Gasteiger partial charge on any atom is 0.191 e. The van der Waals surface area contributed by atoms with E-state index in [0.717, 1.165) is 31.1 Å². The minimum atomic E-state index is 0.110. The van der Waals surface area contributed by atoms with Crippen molar-refractivity contribution in [3.63, 3.8) is 0 Å². The Kier molecular flexibility index (Phi) is 5.83. The highest BCUT2D eigenvalue weighted by molar-refractivity contribution is 5.80. The number of unbranched alkanes of at least 4 members (excludes halogenated alkanes) is 1. The number of aromatic nitrogens is 1. The summed E-state index contributed by atoms with van der Waals surface area (Å²) in [5.74, 6) is 0.785. The van der Waals surface area contributed by atoms with Crippen LogP contribution in [0.4, 0.5) is 0 Å². The SMILES string of the molecule is CCCCOC1CC(NC(=NC)NCc2ccon2)C1(C)C. The van der Waals surface area contributed by atoms with Gasteiger partial charge >= 0.3 is 0 Å². The minimum Gasteiger partial charge on any atom is -0.378 e. The monoisotopic (exact) mass is 308 g/mol. The van der Waals surface area contributed by atoms with Crippen LogP contribution in [0, 0.1) is 5.41 Å². The Morgan fingerprint density at radius 2 is 2.36 bits per heavy atom. The summed E-state index contributed by atoms with van der Waals surface area (Å²) >= 11 is 0. The van der Waals surface area contributed by atoms with Crippen LogP contribution in [-0.4, -0.2) is 36.9 Å². The zero-order chi connectivity index (χ0) is 16.0. The van der Waals surface area contributed by atoms with Crippen LogP contribution in [0.5, 0.6) is 0 Å². The topological polar surface area (TPSA) is 71.7 Å². The number of guanidine groups is 1. The first-order chi connectivity index (χ1) is 10.6. The van der Waals surface area contributed by atoms with Crippen LogP contribution in [0.2, 0.25) is 0 Å². The van der Waals surface area contributed by atoms with Gasteiger partial charge in [-0.1, -0.05) is 32.3 Å². The molecule has 0 radical (unpaired) electrons. The molecule has 0 aliphatic heterocycles. The Hall–Kier alpha value is -1.56. The van der Waals surface area contributed by atoms with Gasteiger partial charge in [0.1, 0.15) is 12.0 Å². The lowest BCUT2D eigenvalue weighted by molar-refractivity contribution is -0.113. The minimum absolute atomic E-state index is 0.110. The van der Waals surface area contributed by atoms with Gasteiger partial charge in [0.25, 0.3) is 0 Å². The second-order valence-corrected chi connectivity index (χ2v) is 6.38. The summed E-state index contributed by atoms with van der Waals surface area (Å²) in [5.41, 5.74) is 0.968. The Balaban J connectivity index is 1.77. The fourth-order valence-electron chi connectivity index (χ4n) is 2.65. The second kappa shape index (κ2) is 7.63. The molecule has 1 aliphatic rings. The maximum absolute atomic E-state index is 5.98. The maximum atomic E-state index is 5.98. The lowest BCUT2D eigenvalue weighted by Crippen LogP contribution is -2.63. The summed E-state index contributed by atoms with van der Waals surface area (Å²) in [6, 6.07) is 2.20. The first kappa shape index (κ1) is 16.8. The molecule has 1 saturated carbocycles. The van der Waals surface area contributed by atoms with Gasteiger partial charge in [0.2, 0.25) is 0 Å². The highest BCUT2D eigenvalue weighted by Gasteiger charge is 2.49. The van der Waals surface area contributed by atoms with E-state index in [1.807, 2.05) is 6.07 Å². The molecule has 1 fully saturated rings. The molecule has 124 valence electrons. The van der Waals surface area contributed by atoms with Crippen LogP contribution >= 0.6 is 0 Å². The zero-order valence-corrected chi connectivity index (χ0v) is 14.1. The predicted molar refractivity (Wildman–Crippen MR) is 86.7 cm³/mol. The van der Waals surface area contributed by atoms with Crippen molar-refractivity contribution < 1.29 is 9.26 Å². The van der Waals surface area contributed by atoms with E-state index in [-0.39, 0.29) is 5.41 Å². The summed E-state index contributed by atoms with van der Waals surface area (Å²) in [6.45, 7) is 8.13. The Bertz CT molecular complexity index is 471. The molecule has 1 heterocycles. The van der Waals surface area contributed by atoms with E-state index >= 15 is 0 Å². The van der Waals surface area contributed by atoms with Crippen LogP contribution in [0.15, 0.2) is 21.8 Å². The molecule has 2 rings (SSSR count). The number of nitrogens with one attached hydrogen (secondary N) is 2. The van der Waals surface area contributed by atoms with Gasteiger partial charge in [-0.15, -0.1) is 0 Å². The number of ether oxygens (including phenoxy) is 1. The summed E-state index contributed by atoms with van der Waals surface area (Å²) < 4.78 is 10.8. The van der Waals surface area contributed by atoms with Crippen LogP contribution in [-0.2, 0) is 11.3 Å². The molecule has 1 aliphatic carbocycles. The summed E-state index contributed by atoms with van der Waals surface area (Å²) in [7, 11) is 1.78. The lowest BCUT2D eigenvalue weighted by atomic mass is 9.64. The van der Waals surface area contributed by atoms with Crippen molar-refractivity contribution in [1.82, 2.24) is 15.8 Å². The quantitative estimate of drug-likeness (QED) is 0.459. The summed E-state index contributed by atoms with van der Waals surface area (Å²) in [4.78, 5) is 4.27. The Labute approximate surface area is 132 Å². The van der Waals surface area contributed by atoms with E-state index < -0.39 is 0 Å². The molecule has 2 unspecified atom stereocenters. The van der Waals surface area contributed by atoms with Crippen molar-refractivity contribution in [2.24, 2.45) is 10.4 Å². The van der Waals surface area contributed by atoms with Gasteiger partial charge in [-0.3, -0.25) is 4.99 Å². The summed E-state index contributed by atoms with van der Waals surface area (Å²) in [6.07, 6.45) is 5.21. The van der Waals surface area contributed by atoms with E-state index in [9.17, 15) is 0 Å². The normalized spacial score (nSPS) is 23.9. The Morgan fingerprint density at radius 1 is 1.55 bits per heavy atom. The molecule has 1 aromatic rings. The largest absolute Gasteiger partial charge is 0.378 e. The van der Waals surface area contributed by atoms with Gasteiger partial charge in [-0.2, -0.15) is 0 Å². The molecule has 0 aromatic carbocycles. The van der Waals surface area contributed by atoms with Crippen molar-refractivity contribution in [1.29, 1.82) is 0 Å². The van der Waals surface area contributed by atoms with E-state index in [4.69, 9.17) is 9.26 Å². The lowest BCUT2D eigenvalue weighted by Gasteiger charge is -2.52. The predicted octanol–water partition coefficient (Wildman–Crippen LogP) is 2.32. The number of rotatable bonds is 7. The molecule has 0 spiro atoms. The van der Waals surface area contributed by atoms with Crippen LogP contribution in [0.25, 0.3) is 0 Å². The molecular weight excluding hydrogens is 280 g/mol. The third-order valence-electron chi connectivity index (χ3n) is 4.46. The number of nitrogens with zero attached hydrogens (tertiary/aromatic N) is 2. The fourth-order valence-corrected chi connectivity index (χ4v) is 2.65. The van der Waals surface area contributed by atoms with Gasteiger partial charge in [0.05, 0.1) is 12.6 Å². The molecule has 0 bridgehead atoms. The van der Waals surface area contributed by atoms with Crippen molar-refractivity contribution >= 4 is 5.96 Å². The molecular formula is C16H28N4O2. The Morgan fingerprint density at radius 3 is 2.95 bits per heavy atom. The van der Waals surface area contributed by atoms with Crippen LogP contribution < -0.4 is 10.6 Å². The standard InChI is InChI=1S/C16H28N4O2/c1-5-6-8-21-14-10-13(16(14,2)3)19-15(17-4)18-11-12-7-9-22-20-12/h7,9,13-14H,5-6,8,10-11H2,1-4H3,(H2,17,18,19). The molecule has 2 N–H and O–H groups in total. The highest BCUT2D eigenvalue weighted by atomic mass is 16.5. The molecule has 22 heavy (non-hydrogen) atoms. The van der Waals surface area contributed by atoms with Gasteiger partial charge in [-0.05, 0) is 12.8 Å². The van der Waals surface area contributed by atoms with Crippen molar-refractivity contribution in [2.45, 2.75) is 58.7 Å². The molecule has 0 saturated heterocycles. The molecule has 1 aromatic heterocycles. The molecule has 6 heteroatoms. The van der Waals surface area contributed by atoms with E-state index in [0.29, 0.717) is 18.7 Å². The van der Waals surface area contributed by atoms with E-state index in [1.54, 1.807) is 13.3 Å². The van der Waals surface area contributed by atoms with Gasteiger partial charge in [-0.25, -0.2) is 0 Å². The highest BCUT2D eigenvalue weighted by Crippen LogP contribution is 2.42. The second-order valence-electron chi connectivity index (χ2n) is 6.38. The number of hydrogen-bond donors (Lipinski definition) is 2. The summed E-state index contributed by atoms with van der Waals surface area (Å²) in [5, 5.41) is 10.6.